The van der Waals surface area contributed by atoms with Gasteiger partial charge in [0.25, 0.3) is 5.91 Å². The zero-order valence-corrected chi connectivity index (χ0v) is 20.8. The predicted octanol–water partition coefficient (Wildman–Crippen LogP) is 6.24. The van der Waals surface area contributed by atoms with Gasteiger partial charge in [-0.1, -0.05) is 30.4 Å². The fraction of sp³-hybridized carbons (Fsp3) is 0.179. The molecule has 3 heterocycles. The summed E-state index contributed by atoms with van der Waals surface area (Å²) in [5, 5.41) is 12.7. The molecule has 2 aromatic carbocycles. The van der Waals surface area contributed by atoms with Gasteiger partial charge in [0.2, 0.25) is 5.95 Å². The average molecular weight is 520 g/mol. The number of aliphatic hydroxyl groups is 1. The Balaban J connectivity index is 1.39. The summed E-state index contributed by atoms with van der Waals surface area (Å²) in [6.45, 7) is 5.25. The van der Waals surface area contributed by atoms with Crippen LogP contribution in [0.1, 0.15) is 41.2 Å². The van der Waals surface area contributed by atoms with Gasteiger partial charge in [-0.2, -0.15) is 13.2 Å². The lowest BCUT2D eigenvalue weighted by Gasteiger charge is -2.11. The van der Waals surface area contributed by atoms with Crippen molar-refractivity contribution in [2.75, 3.05) is 5.32 Å². The molecule has 38 heavy (non-hydrogen) atoms. The van der Waals surface area contributed by atoms with Crippen molar-refractivity contribution in [3.8, 4) is 11.1 Å². The van der Waals surface area contributed by atoms with Gasteiger partial charge >= 0.3 is 6.18 Å². The van der Waals surface area contributed by atoms with E-state index in [1.165, 1.54) is 6.07 Å². The SMILES string of the molecule is Cc1c(/C=C/C(C)(C)O)ccc2nc(C(=O)Nc3nc4ccc(-c5cccc(C(F)(F)F)c5)cc4[nH]3)cn12. The number of aromatic nitrogens is 4. The van der Waals surface area contributed by atoms with Crippen LogP contribution in [0.15, 0.2) is 66.9 Å². The number of anilines is 1. The molecule has 194 valence electrons. The maximum atomic E-state index is 13.1. The highest BCUT2D eigenvalue weighted by atomic mass is 19.4. The van der Waals surface area contributed by atoms with Gasteiger partial charge in [-0.05, 0) is 73.9 Å². The van der Waals surface area contributed by atoms with E-state index in [4.69, 9.17) is 0 Å². The second-order valence-electron chi connectivity index (χ2n) is 9.57. The maximum Gasteiger partial charge on any atom is 0.416 e. The first-order chi connectivity index (χ1) is 17.9. The zero-order valence-electron chi connectivity index (χ0n) is 20.8. The van der Waals surface area contributed by atoms with Gasteiger partial charge in [0.15, 0.2) is 0 Å². The number of hydrogen-bond donors (Lipinski definition) is 3. The lowest BCUT2D eigenvalue weighted by molar-refractivity contribution is -0.137. The Morgan fingerprint density at radius 2 is 1.82 bits per heavy atom. The Hall–Kier alpha value is -4.44. The van der Waals surface area contributed by atoms with E-state index in [-0.39, 0.29) is 11.6 Å². The molecule has 3 aromatic heterocycles. The van der Waals surface area contributed by atoms with Crippen LogP contribution in [0.4, 0.5) is 19.1 Å². The second-order valence-corrected chi connectivity index (χ2v) is 9.57. The molecule has 10 heteroatoms. The van der Waals surface area contributed by atoms with E-state index in [0.717, 1.165) is 23.4 Å². The molecule has 1 amide bonds. The minimum atomic E-state index is -4.43. The second kappa shape index (κ2) is 9.14. The summed E-state index contributed by atoms with van der Waals surface area (Å²) in [6, 6.07) is 13.8. The summed E-state index contributed by atoms with van der Waals surface area (Å²) < 4.78 is 41.1. The van der Waals surface area contributed by atoms with Crippen molar-refractivity contribution in [2.45, 2.75) is 32.5 Å². The maximum absolute atomic E-state index is 13.1. The number of carbonyl (C=O) groups excluding carboxylic acids is 1. The van der Waals surface area contributed by atoms with E-state index < -0.39 is 23.2 Å². The van der Waals surface area contributed by atoms with Crippen molar-refractivity contribution in [3.05, 3.63) is 89.4 Å². The number of halogens is 3. The summed E-state index contributed by atoms with van der Waals surface area (Å²) in [4.78, 5) is 24.7. The van der Waals surface area contributed by atoms with E-state index in [1.54, 1.807) is 60.9 Å². The molecule has 0 fully saturated rings. The first kappa shape index (κ1) is 25.2. The molecule has 5 rings (SSSR count). The summed E-state index contributed by atoms with van der Waals surface area (Å²) >= 11 is 0. The number of amides is 1. The minimum absolute atomic E-state index is 0.182. The molecule has 0 aliphatic heterocycles. The van der Waals surface area contributed by atoms with Crippen molar-refractivity contribution in [3.63, 3.8) is 0 Å². The number of nitrogens with one attached hydrogen (secondary N) is 2. The largest absolute Gasteiger partial charge is 0.416 e. The van der Waals surface area contributed by atoms with Gasteiger partial charge in [-0.25, -0.2) is 9.97 Å². The molecule has 0 aliphatic rings. The van der Waals surface area contributed by atoms with Gasteiger partial charge in [0.05, 0.1) is 22.2 Å². The van der Waals surface area contributed by atoms with E-state index >= 15 is 0 Å². The van der Waals surface area contributed by atoms with Crippen LogP contribution in [0.3, 0.4) is 0 Å². The Kier molecular flexibility index (Phi) is 6.07. The molecule has 0 bridgehead atoms. The van der Waals surface area contributed by atoms with Gasteiger partial charge in [-0.15, -0.1) is 0 Å². The van der Waals surface area contributed by atoms with Crippen molar-refractivity contribution in [1.29, 1.82) is 0 Å². The third-order valence-corrected chi connectivity index (χ3v) is 6.06. The van der Waals surface area contributed by atoms with E-state index in [2.05, 4.69) is 20.3 Å². The molecule has 5 aromatic rings. The Bertz CT molecular complexity index is 1710. The number of aromatic amines is 1. The van der Waals surface area contributed by atoms with E-state index in [0.29, 0.717) is 27.8 Å². The molecule has 0 saturated heterocycles. The molecule has 0 unspecified atom stereocenters. The first-order valence-corrected chi connectivity index (χ1v) is 11.8. The molecular formula is C28H24F3N5O2. The number of carbonyl (C=O) groups is 1. The molecule has 0 spiro atoms. The Morgan fingerprint density at radius 3 is 2.55 bits per heavy atom. The van der Waals surface area contributed by atoms with Crippen LogP contribution >= 0.6 is 0 Å². The average Bonchev–Trinajstić information content (AvgIpc) is 3.46. The molecule has 0 atom stereocenters. The number of alkyl halides is 3. The van der Waals surface area contributed by atoms with Crippen molar-refractivity contribution in [2.24, 2.45) is 0 Å². The Morgan fingerprint density at radius 1 is 1.05 bits per heavy atom. The third kappa shape index (κ3) is 5.16. The zero-order chi connectivity index (χ0) is 27.2. The number of fused-ring (bicyclic) bond motifs is 2. The highest BCUT2D eigenvalue weighted by molar-refractivity contribution is 6.03. The van der Waals surface area contributed by atoms with E-state index in [9.17, 15) is 23.1 Å². The summed E-state index contributed by atoms with van der Waals surface area (Å²) in [5.41, 5.74) is 2.91. The van der Waals surface area contributed by atoms with Crippen molar-refractivity contribution < 1.29 is 23.1 Å². The van der Waals surface area contributed by atoms with Crippen LogP contribution < -0.4 is 5.32 Å². The summed E-state index contributed by atoms with van der Waals surface area (Å²) in [5.74, 6) is -0.285. The summed E-state index contributed by atoms with van der Waals surface area (Å²) in [6.07, 6.45) is 0.689. The molecule has 3 N–H and O–H groups in total. The number of H-pyrrole nitrogens is 1. The van der Waals surface area contributed by atoms with Gasteiger partial charge in [0, 0.05) is 11.9 Å². The number of benzene rings is 2. The monoisotopic (exact) mass is 519 g/mol. The molecule has 7 nitrogen and oxygen atoms in total. The smallest absolute Gasteiger partial charge is 0.386 e. The van der Waals surface area contributed by atoms with E-state index in [1.807, 2.05) is 19.1 Å². The lowest BCUT2D eigenvalue weighted by atomic mass is 10.0. The van der Waals surface area contributed by atoms with Gasteiger partial charge < -0.3 is 14.5 Å². The van der Waals surface area contributed by atoms with Gasteiger partial charge in [0.1, 0.15) is 11.3 Å². The topological polar surface area (TPSA) is 95.3 Å². The lowest BCUT2D eigenvalue weighted by Crippen LogP contribution is -2.13. The molecule has 0 aliphatic carbocycles. The van der Waals surface area contributed by atoms with Crippen molar-refractivity contribution in [1.82, 2.24) is 19.4 Å². The number of hydrogen-bond acceptors (Lipinski definition) is 4. The van der Waals surface area contributed by atoms with Crippen LogP contribution in [0.5, 0.6) is 0 Å². The minimum Gasteiger partial charge on any atom is -0.386 e. The molecule has 0 saturated carbocycles. The highest BCUT2D eigenvalue weighted by Crippen LogP contribution is 2.33. The highest BCUT2D eigenvalue weighted by Gasteiger charge is 2.30. The number of rotatable bonds is 5. The Labute approximate surface area is 215 Å². The fourth-order valence-corrected chi connectivity index (χ4v) is 4.08. The van der Waals surface area contributed by atoms with Crippen LogP contribution in [-0.4, -0.2) is 36.0 Å². The normalized spacial score (nSPS) is 12.6. The number of nitrogens with zero attached hydrogens (tertiary/aromatic N) is 3. The fourth-order valence-electron chi connectivity index (χ4n) is 4.08. The van der Waals surface area contributed by atoms with Crippen LogP contribution in [-0.2, 0) is 6.18 Å². The van der Waals surface area contributed by atoms with Crippen LogP contribution in [0.25, 0.3) is 33.9 Å². The van der Waals surface area contributed by atoms with Crippen molar-refractivity contribution >= 4 is 34.6 Å². The molecule has 0 radical (unpaired) electrons. The number of pyridine rings is 1. The third-order valence-electron chi connectivity index (χ3n) is 6.06. The quantitative estimate of drug-likeness (QED) is 0.256. The van der Waals surface area contributed by atoms with Gasteiger partial charge in [-0.3, -0.25) is 10.1 Å². The standard InChI is InChI=1S/C28H24F3N5O2/c1-16-17(11-12-27(2,3)38)8-10-24-32-23(15-36(16)24)25(37)35-26-33-21-9-7-19(14-22(21)34-26)18-5-4-6-20(13-18)28(29,30)31/h4-15,38H,1-3H3,(H2,33,34,35,37)/b12-11+. The van der Waals surface area contributed by atoms with Crippen LogP contribution in [0, 0.1) is 6.92 Å². The molecular weight excluding hydrogens is 495 g/mol. The first-order valence-electron chi connectivity index (χ1n) is 11.8. The van der Waals surface area contributed by atoms with Crippen LogP contribution in [0.2, 0.25) is 0 Å². The number of aryl methyl sites for hydroxylation is 1. The number of imidazole rings is 2. The predicted molar refractivity (Wildman–Crippen MR) is 140 cm³/mol. The summed E-state index contributed by atoms with van der Waals surface area (Å²) in [7, 11) is 0.